The number of hydrogen-bond donors (Lipinski definition) is 1. The Labute approximate surface area is 129 Å². The van der Waals surface area contributed by atoms with E-state index < -0.39 is 0 Å². The van der Waals surface area contributed by atoms with Crippen molar-refractivity contribution in [2.75, 3.05) is 24.5 Å². The van der Waals surface area contributed by atoms with Crippen LogP contribution in [0.1, 0.15) is 13.3 Å². The van der Waals surface area contributed by atoms with Gasteiger partial charge in [0.05, 0.1) is 18.4 Å². The molecule has 1 N–H and O–H groups in total. The summed E-state index contributed by atoms with van der Waals surface area (Å²) in [6.45, 7) is 9.26. The van der Waals surface area contributed by atoms with E-state index in [-0.39, 0.29) is 10.6 Å². The molecular formula is C15H21ClN4O. The normalized spacial score (nSPS) is 27.9. The number of halogens is 1. The number of anilines is 1. The predicted octanol–water partition coefficient (Wildman–Crippen LogP) is 1.52. The molecule has 114 valence electrons. The van der Waals surface area contributed by atoms with Crippen LogP contribution in [-0.2, 0) is 6.54 Å². The van der Waals surface area contributed by atoms with Crippen LogP contribution in [0.25, 0.3) is 0 Å². The number of nitrogens with one attached hydrogen (secondary N) is 1. The van der Waals surface area contributed by atoms with Gasteiger partial charge in [0, 0.05) is 25.7 Å². The van der Waals surface area contributed by atoms with Crippen LogP contribution in [-0.4, -0.2) is 35.5 Å². The Morgan fingerprint density at radius 3 is 3.10 bits per heavy atom. The zero-order valence-corrected chi connectivity index (χ0v) is 13.0. The van der Waals surface area contributed by atoms with Gasteiger partial charge in [0.2, 0.25) is 0 Å². The van der Waals surface area contributed by atoms with Gasteiger partial charge in [0.25, 0.3) is 5.56 Å². The van der Waals surface area contributed by atoms with Gasteiger partial charge in [-0.3, -0.25) is 4.79 Å². The van der Waals surface area contributed by atoms with Crippen LogP contribution in [0.3, 0.4) is 0 Å². The van der Waals surface area contributed by atoms with E-state index in [1.807, 2.05) is 0 Å². The topological polar surface area (TPSA) is 50.2 Å². The predicted molar refractivity (Wildman–Crippen MR) is 85.0 cm³/mol. The number of rotatable bonds is 4. The van der Waals surface area contributed by atoms with E-state index in [2.05, 4.69) is 28.8 Å². The van der Waals surface area contributed by atoms with Crippen molar-refractivity contribution in [1.82, 2.24) is 15.1 Å². The third-order valence-corrected chi connectivity index (χ3v) is 5.07. The first-order chi connectivity index (χ1) is 10.2. The smallest absolute Gasteiger partial charge is 0.287 e. The molecule has 0 bridgehead atoms. The van der Waals surface area contributed by atoms with Crippen LogP contribution in [0.2, 0.25) is 5.02 Å². The fourth-order valence-electron chi connectivity index (χ4n) is 3.73. The van der Waals surface area contributed by atoms with E-state index >= 15 is 0 Å². The molecule has 2 fully saturated rings. The zero-order valence-electron chi connectivity index (χ0n) is 12.3. The van der Waals surface area contributed by atoms with Gasteiger partial charge >= 0.3 is 0 Å². The lowest BCUT2D eigenvalue weighted by atomic mass is 9.93. The third kappa shape index (κ3) is 2.38. The highest BCUT2D eigenvalue weighted by atomic mass is 35.5. The molecule has 0 radical (unpaired) electrons. The van der Waals surface area contributed by atoms with Gasteiger partial charge in [-0.2, -0.15) is 5.10 Å². The number of allylic oxidation sites excluding steroid dienone is 1. The van der Waals surface area contributed by atoms with E-state index in [1.54, 1.807) is 12.3 Å². The van der Waals surface area contributed by atoms with E-state index in [0.717, 1.165) is 31.7 Å². The highest BCUT2D eigenvalue weighted by Crippen LogP contribution is 2.38. The lowest BCUT2D eigenvalue weighted by molar-refractivity contribution is 0.441. The Balaban J connectivity index is 1.95. The molecule has 2 aliphatic heterocycles. The second-order valence-corrected chi connectivity index (χ2v) is 6.21. The van der Waals surface area contributed by atoms with Crippen LogP contribution in [0.4, 0.5) is 5.69 Å². The first kappa shape index (κ1) is 14.6. The molecule has 2 aliphatic rings. The number of aromatic nitrogens is 2. The fraction of sp³-hybridized carbons (Fsp3) is 0.600. The fourth-order valence-corrected chi connectivity index (χ4v) is 3.99. The van der Waals surface area contributed by atoms with Crippen molar-refractivity contribution >= 4 is 17.3 Å². The van der Waals surface area contributed by atoms with Gasteiger partial charge in [-0.05, 0) is 18.3 Å². The third-order valence-electron chi connectivity index (χ3n) is 4.71. The maximum Gasteiger partial charge on any atom is 0.287 e. The van der Waals surface area contributed by atoms with Gasteiger partial charge in [0.15, 0.2) is 0 Å². The van der Waals surface area contributed by atoms with Gasteiger partial charge in [0.1, 0.15) is 5.02 Å². The second kappa shape index (κ2) is 5.81. The maximum atomic E-state index is 12.3. The molecule has 1 aromatic heterocycles. The zero-order chi connectivity index (χ0) is 15.0. The van der Waals surface area contributed by atoms with Crippen LogP contribution < -0.4 is 15.8 Å². The van der Waals surface area contributed by atoms with Crippen molar-refractivity contribution in [3.63, 3.8) is 0 Å². The summed E-state index contributed by atoms with van der Waals surface area (Å²) in [5, 5.41) is 7.96. The summed E-state index contributed by atoms with van der Waals surface area (Å²) in [6, 6.07) is 0.430. The average Bonchev–Trinajstić information content (AvgIpc) is 3.04. The highest BCUT2D eigenvalue weighted by molar-refractivity contribution is 6.33. The summed E-state index contributed by atoms with van der Waals surface area (Å²) >= 11 is 6.33. The van der Waals surface area contributed by atoms with Crippen LogP contribution in [0.5, 0.6) is 0 Å². The Morgan fingerprint density at radius 1 is 1.57 bits per heavy atom. The molecule has 3 rings (SSSR count). The quantitative estimate of drug-likeness (QED) is 0.857. The summed E-state index contributed by atoms with van der Waals surface area (Å²) in [4.78, 5) is 14.5. The first-order valence-electron chi connectivity index (χ1n) is 7.51. The Hall–Kier alpha value is -1.33. The summed E-state index contributed by atoms with van der Waals surface area (Å²) in [5.41, 5.74) is 0.544. The minimum Gasteiger partial charge on any atom is -0.365 e. The molecule has 0 spiro atoms. The van der Waals surface area contributed by atoms with Crippen molar-refractivity contribution in [1.29, 1.82) is 0 Å². The average molecular weight is 309 g/mol. The lowest BCUT2D eigenvalue weighted by Crippen LogP contribution is -2.37. The lowest BCUT2D eigenvalue weighted by Gasteiger charge is -2.29. The van der Waals surface area contributed by atoms with Gasteiger partial charge < -0.3 is 10.2 Å². The van der Waals surface area contributed by atoms with Gasteiger partial charge in [-0.1, -0.05) is 24.6 Å². The molecule has 2 saturated heterocycles. The molecule has 6 heteroatoms. The molecule has 3 atom stereocenters. The maximum absolute atomic E-state index is 12.3. The minimum atomic E-state index is -0.237. The summed E-state index contributed by atoms with van der Waals surface area (Å²) in [7, 11) is 0. The molecule has 1 aromatic rings. The largest absolute Gasteiger partial charge is 0.365 e. The van der Waals surface area contributed by atoms with Crippen molar-refractivity contribution in [2.24, 2.45) is 11.8 Å². The first-order valence-corrected chi connectivity index (χ1v) is 7.89. The van der Waals surface area contributed by atoms with Crippen molar-refractivity contribution < 1.29 is 0 Å². The highest BCUT2D eigenvalue weighted by Gasteiger charge is 2.44. The van der Waals surface area contributed by atoms with Crippen molar-refractivity contribution in [3.8, 4) is 0 Å². The molecule has 0 aromatic carbocycles. The standard InChI is InChI=1S/C15H21ClN4O/c1-3-5-20-15(21)14(16)13(8-18-20)19-9-10-6-17-7-11(10)12(19)4-2/h3,8,10-12,17H,1,4-7,9H2,2H3. The molecular weight excluding hydrogens is 288 g/mol. The van der Waals surface area contributed by atoms with E-state index in [0.29, 0.717) is 24.4 Å². The monoisotopic (exact) mass is 308 g/mol. The minimum absolute atomic E-state index is 0.237. The molecule has 3 heterocycles. The SMILES string of the molecule is C=CCn1ncc(N2CC3CNCC3C2CC)c(Cl)c1=O. The van der Waals surface area contributed by atoms with E-state index in [1.165, 1.54) is 4.68 Å². The Morgan fingerprint density at radius 2 is 2.38 bits per heavy atom. The number of fused-ring (bicyclic) bond motifs is 1. The molecule has 0 saturated carbocycles. The molecule has 5 nitrogen and oxygen atoms in total. The van der Waals surface area contributed by atoms with Crippen LogP contribution in [0, 0.1) is 11.8 Å². The summed E-state index contributed by atoms with van der Waals surface area (Å²) in [5.74, 6) is 1.28. The van der Waals surface area contributed by atoms with Gasteiger partial charge in [-0.25, -0.2) is 4.68 Å². The number of nitrogens with zero attached hydrogens (tertiary/aromatic N) is 3. The Bertz CT molecular complexity index is 600. The molecule has 21 heavy (non-hydrogen) atoms. The van der Waals surface area contributed by atoms with Crippen molar-refractivity contribution in [3.05, 3.63) is 34.2 Å². The molecule has 0 aliphatic carbocycles. The molecule has 0 amide bonds. The van der Waals surface area contributed by atoms with E-state index in [9.17, 15) is 4.79 Å². The summed E-state index contributed by atoms with van der Waals surface area (Å²) < 4.78 is 1.35. The summed E-state index contributed by atoms with van der Waals surface area (Å²) in [6.07, 6.45) is 4.42. The van der Waals surface area contributed by atoms with Gasteiger partial charge in [-0.15, -0.1) is 6.58 Å². The number of hydrogen-bond acceptors (Lipinski definition) is 4. The Kier molecular flexibility index (Phi) is 4.04. The molecule has 3 unspecified atom stereocenters. The van der Waals surface area contributed by atoms with Crippen LogP contribution in [0.15, 0.2) is 23.6 Å². The van der Waals surface area contributed by atoms with Crippen molar-refractivity contribution in [2.45, 2.75) is 25.9 Å². The van der Waals surface area contributed by atoms with E-state index in [4.69, 9.17) is 11.6 Å². The van der Waals surface area contributed by atoms with Crippen LogP contribution >= 0.6 is 11.6 Å². The second-order valence-electron chi connectivity index (χ2n) is 5.83.